The fourth-order valence-electron chi connectivity index (χ4n) is 2.78. The molecule has 1 atom stereocenters. The van der Waals surface area contributed by atoms with Crippen LogP contribution in [-0.4, -0.2) is 47.6 Å². The van der Waals surface area contributed by atoms with E-state index in [9.17, 15) is 9.59 Å². The molecule has 2 saturated heterocycles. The Morgan fingerprint density at radius 2 is 2.06 bits per heavy atom. The van der Waals surface area contributed by atoms with Crippen LogP contribution in [0.2, 0.25) is 0 Å². The van der Waals surface area contributed by atoms with Gasteiger partial charge in [0.25, 0.3) is 0 Å². The van der Waals surface area contributed by atoms with Crippen molar-refractivity contribution in [3.63, 3.8) is 0 Å². The summed E-state index contributed by atoms with van der Waals surface area (Å²) in [6.07, 6.45) is 5.38. The predicted molar refractivity (Wildman–Crippen MR) is 67.2 cm³/mol. The average molecular weight is 254 g/mol. The number of likely N-dealkylation sites (tertiary alicyclic amines) is 1. The van der Waals surface area contributed by atoms with E-state index < -0.39 is 5.97 Å². The Morgan fingerprint density at radius 1 is 1.28 bits per heavy atom. The maximum atomic E-state index is 11.9. The van der Waals surface area contributed by atoms with Crippen molar-refractivity contribution in [2.75, 3.05) is 19.6 Å². The van der Waals surface area contributed by atoms with E-state index >= 15 is 0 Å². The van der Waals surface area contributed by atoms with Gasteiger partial charge in [0, 0.05) is 31.5 Å². The zero-order chi connectivity index (χ0) is 13.0. The van der Waals surface area contributed by atoms with Crippen molar-refractivity contribution in [3.8, 4) is 0 Å². The van der Waals surface area contributed by atoms with E-state index in [0.29, 0.717) is 25.6 Å². The zero-order valence-corrected chi connectivity index (χ0v) is 10.7. The second-order valence-corrected chi connectivity index (χ2v) is 5.45. The van der Waals surface area contributed by atoms with Crippen LogP contribution in [0.5, 0.6) is 0 Å². The van der Waals surface area contributed by atoms with Crippen LogP contribution in [0.3, 0.4) is 0 Å². The number of carbonyl (C=O) groups excluding carboxylic acids is 1. The van der Waals surface area contributed by atoms with Gasteiger partial charge in [-0.25, -0.2) is 0 Å². The number of carboxylic acids is 1. The van der Waals surface area contributed by atoms with E-state index in [-0.39, 0.29) is 18.2 Å². The van der Waals surface area contributed by atoms with Gasteiger partial charge in [-0.2, -0.15) is 0 Å². The van der Waals surface area contributed by atoms with Crippen LogP contribution in [0.25, 0.3) is 0 Å². The summed E-state index contributed by atoms with van der Waals surface area (Å²) in [6, 6.07) is 0.499. The van der Waals surface area contributed by atoms with Crippen LogP contribution < -0.4 is 5.32 Å². The summed E-state index contributed by atoms with van der Waals surface area (Å²) < 4.78 is 0. The number of nitrogens with zero attached hydrogens (tertiary/aromatic N) is 1. The number of rotatable bonds is 5. The summed E-state index contributed by atoms with van der Waals surface area (Å²) in [5, 5.41) is 12.1. The molecule has 102 valence electrons. The molecule has 0 saturated carbocycles. The van der Waals surface area contributed by atoms with E-state index in [1.54, 1.807) is 4.90 Å². The highest BCUT2D eigenvalue weighted by Crippen LogP contribution is 2.21. The van der Waals surface area contributed by atoms with Crippen LogP contribution in [-0.2, 0) is 9.59 Å². The summed E-state index contributed by atoms with van der Waals surface area (Å²) >= 11 is 0. The van der Waals surface area contributed by atoms with Crippen LogP contribution >= 0.6 is 0 Å². The van der Waals surface area contributed by atoms with E-state index in [4.69, 9.17) is 5.11 Å². The number of carbonyl (C=O) groups is 2. The predicted octanol–water partition coefficient (Wildman–Crippen LogP) is 0.842. The molecule has 2 heterocycles. The van der Waals surface area contributed by atoms with Gasteiger partial charge in [0.2, 0.25) is 5.91 Å². The molecule has 1 amide bonds. The highest BCUT2D eigenvalue weighted by atomic mass is 16.4. The quantitative estimate of drug-likeness (QED) is 0.763. The lowest BCUT2D eigenvalue weighted by Crippen LogP contribution is -2.50. The molecule has 2 aliphatic heterocycles. The van der Waals surface area contributed by atoms with Gasteiger partial charge < -0.3 is 15.3 Å². The maximum Gasteiger partial charge on any atom is 0.303 e. The van der Waals surface area contributed by atoms with Crippen molar-refractivity contribution in [2.45, 2.75) is 44.6 Å². The lowest BCUT2D eigenvalue weighted by molar-refractivity contribution is -0.145. The molecule has 18 heavy (non-hydrogen) atoms. The van der Waals surface area contributed by atoms with E-state index in [0.717, 1.165) is 13.0 Å². The first-order valence-corrected chi connectivity index (χ1v) is 6.88. The molecule has 0 aliphatic carbocycles. The van der Waals surface area contributed by atoms with E-state index in [1.165, 1.54) is 19.3 Å². The fraction of sp³-hybridized carbons (Fsp3) is 0.846. The normalized spacial score (nSPS) is 24.7. The summed E-state index contributed by atoms with van der Waals surface area (Å²) in [6.45, 7) is 2.33. The van der Waals surface area contributed by atoms with Crippen LogP contribution in [0.15, 0.2) is 0 Å². The zero-order valence-electron chi connectivity index (χ0n) is 10.7. The summed E-state index contributed by atoms with van der Waals surface area (Å²) in [5.41, 5.74) is 0. The summed E-state index contributed by atoms with van der Waals surface area (Å²) in [5.74, 6) is -0.415. The Kier molecular flexibility index (Phi) is 4.58. The van der Waals surface area contributed by atoms with Gasteiger partial charge in [-0.15, -0.1) is 0 Å². The summed E-state index contributed by atoms with van der Waals surface area (Å²) in [4.78, 5) is 24.1. The molecular formula is C13H22N2O3. The third-order valence-corrected chi connectivity index (χ3v) is 3.89. The largest absolute Gasteiger partial charge is 0.481 e. The third kappa shape index (κ3) is 3.70. The Morgan fingerprint density at radius 3 is 2.67 bits per heavy atom. The van der Waals surface area contributed by atoms with Gasteiger partial charge in [0.15, 0.2) is 0 Å². The van der Waals surface area contributed by atoms with Crippen LogP contribution in [0.4, 0.5) is 0 Å². The highest BCUT2D eigenvalue weighted by Gasteiger charge is 2.31. The second-order valence-electron chi connectivity index (χ2n) is 5.45. The Bertz CT molecular complexity index is 307. The fourth-order valence-corrected chi connectivity index (χ4v) is 2.78. The molecule has 5 heteroatoms. The highest BCUT2D eigenvalue weighted by molar-refractivity contribution is 5.77. The van der Waals surface area contributed by atoms with Gasteiger partial charge in [-0.3, -0.25) is 9.59 Å². The first-order valence-electron chi connectivity index (χ1n) is 6.88. The number of nitrogens with one attached hydrogen (secondary N) is 1. The lowest BCUT2D eigenvalue weighted by Gasteiger charge is -2.39. The maximum absolute atomic E-state index is 11.9. The molecule has 2 fully saturated rings. The lowest BCUT2D eigenvalue weighted by atomic mass is 9.95. The number of carboxylic acid groups (broad SMARTS) is 1. The molecule has 0 aromatic heterocycles. The minimum absolute atomic E-state index is 0.166. The molecule has 1 unspecified atom stereocenters. The molecule has 0 spiro atoms. The van der Waals surface area contributed by atoms with Crippen molar-refractivity contribution in [2.24, 2.45) is 5.92 Å². The van der Waals surface area contributed by atoms with Crippen LogP contribution in [0, 0.1) is 5.92 Å². The number of hydrogen-bond donors (Lipinski definition) is 2. The second kappa shape index (κ2) is 6.18. The first kappa shape index (κ1) is 13.3. The SMILES string of the molecule is O=C(O)CC1CN(C(=O)CCC2CCCCN2)C1. The van der Waals surface area contributed by atoms with Crippen LogP contribution in [0.1, 0.15) is 38.5 Å². The van der Waals surface area contributed by atoms with Gasteiger partial charge in [0.05, 0.1) is 6.42 Å². The number of piperidine rings is 1. The van der Waals surface area contributed by atoms with Gasteiger partial charge in [-0.05, 0) is 25.8 Å². The smallest absolute Gasteiger partial charge is 0.303 e. The minimum Gasteiger partial charge on any atom is -0.481 e. The number of amides is 1. The molecule has 2 N–H and O–H groups in total. The molecule has 5 nitrogen and oxygen atoms in total. The Labute approximate surface area is 108 Å². The summed E-state index contributed by atoms with van der Waals surface area (Å²) in [7, 11) is 0. The van der Waals surface area contributed by atoms with Gasteiger partial charge >= 0.3 is 5.97 Å². The molecule has 0 bridgehead atoms. The molecule has 0 aromatic rings. The molecular weight excluding hydrogens is 232 g/mol. The number of hydrogen-bond acceptors (Lipinski definition) is 3. The van der Waals surface area contributed by atoms with Crippen molar-refractivity contribution in [1.82, 2.24) is 10.2 Å². The van der Waals surface area contributed by atoms with Crippen molar-refractivity contribution < 1.29 is 14.7 Å². The Balaban J connectivity index is 1.60. The van der Waals surface area contributed by atoms with Crippen molar-refractivity contribution in [3.05, 3.63) is 0 Å². The van der Waals surface area contributed by atoms with E-state index in [1.807, 2.05) is 0 Å². The molecule has 0 radical (unpaired) electrons. The van der Waals surface area contributed by atoms with Gasteiger partial charge in [0.1, 0.15) is 0 Å². The number of aliphatic carboxylic acids is 1. The molecule has 2 aliphatic rings. The van der Waals surface area contributed by atoms with Crippen molar-refractivity contribution in [1.29, 1.82) is 0 Å². The molecule has 2 rings (SSSR count). The Hall–Kier alpha value is -1.10. The van der Waals surface area contributed by atoms with Crippen molar-refractivity contribution >= 4 is 11.9 Å². The third-order valence-electron chi connectivity index (χ3n) is 3.89. The van der Waals surface area contributed by atoms with E-state index in [2.05, 4.69) is 5.32 Å². The molecule has 0 aromatic carbocycles. The topological polar surface area (TPSA) is 69.6 Å². The minimum atomic E-state index is -0.765. The first-order chi connectivity index (χ1) is 8.65. The average Bonchev–Trinajstić information content (AvgIpc) is 2.31. The van der Waals surface area contributed by atoms with Gasteiger partial charge in [-0.1, -0.05) is 6.42 Å². The standard InChI is InChI=1S/C13H22N2O3/c16-12(5-4-11-3-1-2-6-14-11)15-8-10(9-15)7-13(17)18/h10-11,14H,1-9H2,(H,17,18). The monoisotopic (exact) mass is 254 g/mol.